The number of hydrogen-bond donors (Lipinski definition) is 0. The SMILES string of the molecule is COc1cccc(OCc2cc3n(n2)[C@H](C)CN(c2ccc(F)cc2)C3=O)c1. The third-order valence-electron chi connectivity index (χ3n) is 4.68. The van der Waals surface area contributed by atoms with Crippen molar-refractivity contribution in [1.82, 2.24) is 9.78 Å². The number of amides is 1. The maximum atomic E-state index is 13.2. The first-order chi connectivity index (χ1) is 13.5. The zero-order valence-corrected chi connectivity index (χ0v) is 15.6. The molecule has 0 unspecified atom stereocenters. The predicted molar refractivity (Wildman–Crippen MR) is 102 cm³/mol. The summed E-state index contributed by atoms with van der Waals surface area (Å²) in [5, 5.41) is 4.54. The van der Waals surface area contributed by atoms with Crippen LogP contribution in [0.1, 0.15) is 29.1 Å². The summed E-state index contributed by atoms with van der Waals surface area (Å²) in [6.45, 7) is 2.70. The predicted octanol–water partition coefficient (Wildman–Crippen LogP) is 3.83. The Morgan fingerprint density at radius 3 is 2.64 bits per heavy atom. The third-order valence-corrected chi connectivity index (χ3v) is 4.68. The summed E-state index contributed by atoms with van der Waals surface area (Å²) in [4.78, 5) is 14.6. The van der Waals surface area contributed by atoms with Gasteiger partial charge in [-0.05, 0) is 49.4 Å². The summed E-state index contributed by atoms with van der Waals surface area (Å²) in [7, 11) is 1.60. The molecule has 3 aromatic rings. The number of hydrogen-bond acceptors (Lipinski definition) is 4. The van der Waals surface area contributed by atoms with Crippen molar-refractivity contribution in [2.24, 2.45) is 0 Å². The molecule has 0 N–H and O–H groups in total. The Balaban J connectivity index is 1.54. The molecular weight excluding hydrogens is 361 g/mol. The average Bonchev–Trinajstić information content (AvgIpc) is 3.15. The number of aromatic nitrogens is 2. The van der Waals surface area contributed by atoms with Crippen LogP contribution in [-0.4, -0.2) is 29.3 Å². The van der Waals surface area contributed by atoms with Gasteiger partial charge >= 0.3 is 0 Å². The van der Waals surface area contributed by atoms with Crippen LogP contribution in [0.5, 0.6) is 11.5 Å². The highest BCUT2D eigenvalue weighted by Gasteiger charge is 2.31. The molecule has 2 aromatic carbocycles. The van der Waals surface area contributed by atoms with Crippen molar-refractivity contribution in [1.29, 1.82) is 0 Å². The number of nitrogens with zero attached hydrogens (tertiary/aromatic N) is 3. The summed E-state index contributed by atoms with van der Waals surface area (Å²) in [6, 6.07) is 15.0. The minimum absolute atomic E-state index is 0.0108. The Morgan fingerprint density at radius 2 is 1.89 bits per heavy atom. The summed E-state index contributed by atoms with van der Waals surface area (Å²) in [5.74, 6) is 0.881. The van der Waals surface area contributed by atoms with E-state index in [2.05, 4.69) is 5.10 Å². The molecule has 144 valence electrons. The third kappa shape index (κ3) is 3.43. The van der Waals surface area contributed by atoms with E-state index in [-0.39, 0.29) is 24.4 Å². The minimum Gasteiger partial charge on any atom is -0.497 e. The van der Waals surface area contributed by atoms with Crippen LogP contribution < -0.4 is 14.4 Å². The molecule has 0 bridgehead atoms. The summed E-state index contributed by atoms with van der Waals surface area (Å²) in [6.07, 6.45) is 0. The van der Waals surface area contributed by atoms with E-state index >= 15 is 0 Å². The van der Waals surface area contributed by atoms with Gasteiger partial charge in [-0.25, -0.2) is 4.39 Å². The first-order valence-electron chi connectivity index (χ1n) is 8.98. The van der Waals surface area contributed by atoms with Crippen LogP contribution in [0.15, 0.2) is 54.6 Å². The molecule has 28 heavy (non-hydrogen) atoms. The summed E-state index contributed by atoms with van der Waals surface area (Å²) in [5.41, 5.74) is 1.83. The number of anilines is 1. The summed E-state index contributed by atoms with van der Waals surface area (Å²) >= 11 is 0. The van der Waals surface area contributed by atoms with Gasteiger partial charge in [-0.2, -0.15) is 5.10 Å². The molecule has 0 saturated heterocycles. The molecule has 1 aromatic heterocycles. The molecule has 0 aliphatic carbocycles. The summed E-state index contributed by atoms with van der Waals surface area (Å²) < 4.78 is 25.9. The van der Waals surface area contributed by atoms with Crippen molar-refractivity contribution in [3.8, 4) is 11.5 Å². The normalized spacial score (nSPS) is 16.0. The molecule has 0 fully saturated rings. The van der Waals surface area contributed by atoms with Gasteiger partial charge in [0.15, 0.2) is 0 Å². The van der Waals surface area contributed by atoms with Gasteiger partial charge in [0.25, 0.3) is 5.91 Å². The molecule has 0 radical (unpaired) electrons. The molecule has 1 aliphatic heterocycles. The molecule has 2 heterocycles. The zero-order chi connectivity index (χ0) is 19.7. The van der Waals surface area contributed by atoms with Crippen LogP contribution in [0.25, 0.3) is 0 Å². The topological polar surface area (TPSA) is 56.6 Å². The lowest BCUT2D eigenvalue weighted by Gasteiger charge is -2.31. The van der Waals surface area contributed by atoms with Gasteiger partial charge < -0.3 is 14.4 Å². The molecule has 4 rings (SSSR count). The van der Waals surface area contributed by atoms with Crippen LogP contribution in [0.2, 0.25) is 0 Å². The minimum atomic E-state index is -0.330. The van der Waals surface area contributed by atoms with E-state index in [4.69, 9.17) is 9.47 Å². The Hall–Kier alpha value is -3.35. The molecule has 6 nitrogen and oxygen atoms in total. The molecule has 1 atom stereocenters. The number of fused-ring (bicyclic) bond motifs is 1. The average molecular weight is 381 g/mol. The largest absolute Gasteiger partial charge is 0.497 e. The number of carbonyl (C=O) groups excluding carboxylic acids is 1. The fourth-order valence-corrected chi connectivity index (χ4v) is 3.27. The molecule has 0 saturated carbocycles. The second-order valence-electron chi connectivity index (χ2n) is 6.67. The van der Waals surface area contributed by atoms with Gasteiger partial charge in [0.1, 0.15) is 35.3 Å². The van der Waals surface area contributed by atoms with Crippen LogP contribution in [0.4, 0.5) is 10.1 Å². The lowest BCUT2D eigenvalue weighted by molar-refractivity contribution is 0.0953. The number of benzene rings is 2. The van der Waals surface area contributed by atoms with E-state index in [0.29, 0.717) is 35.1 Å². The van der Waals surface area contributed by atoms with Gasteiger partial charge in [-0.3, -0.25) is 9.48 Å². The van der Waals surface area contributed by atoms with E-state index in [1.165, 1.54) is 12.1 Å². The van der Waals surface area contributed by atoms with E-state index in [1.807, 2.05) is 25.1 Å². The molecule has 0 spiro atoms. The highest BCUT2D eigenvalue weighted by Crippen LogP contribution is 2.27. The van der Waals surface area contributed by atoms with Crippen molar-refractivity contribution in [3.63, 3.8) is 0 Å². The van der Waals surface area contributed by atoms with Gasteiger partial charge in [-0.1, -0.05) is 6.07 Å². The van der Waals surface area contributed by atoms with Crippen molar-refractivity contribution >= 4 is 11.6 Å². The first kappa shape index (κ1) is 18.0. The van der Waals surface area contributed by atoms with Gasteiger partial charge in [0, 0.05) is 18.3 Å². The van der Waals surface area contributed by atoms with Crippen LogP contribution >= 0.6 is 0 Å². The quantitative estimate of drug-likeness (QED) is 0.674. The van der Waals surface area contributed by atoms with Crippen LogP contribution in [-0.2, 0) is 6.61 Å². The zero-order valence-electron chi connectivity index (χ0n) is 15.6. The fourth-order valence-electron chi connectivity index (χ4n) is 3.27. The molecule has 1 aliphatic rings. The maximum Gasteiger partial charge on any atom is 0.276 e. The Bertz CT molecular complexity index is 1000. The van der Waals surface area contributed by atoms with Crippen molar-refractivity contribution in [2.45, 2.75) is 19.6 Å². The van der Waals surface area contributed by atoms with E-state index in [1.54, 1.807) is 41.0 Å². The monoisotopic (exact) mass is 381 g/mol. The lowest BCUT2D eigenvalue weighted by Crippen LogP contribution is -2.42. The highest BCUT2D eigenvalue weighted by molar-refractivity contribution is 6.05. The lowest BCUT2D eigenvalue weighted by atomic mass is 10.1. The standard InChI is InChI=1S/C21H20FN3O3/c1-14-12-24(17-8-6-15(22)7-9-17)21(26)20-10-16(23-25(14)20)13-28-19-5-3-4-18(11-19)27-2/h3-11,14H,12-13H2,1-2H3/t14-/m1/s1. The molecular formula is C21H20FN3O3. The number of rotatable bonds is 5. The first-order valence-corrected chi connectivity index (χ1v) is 8.98. The molecule has 1 amide bonds. The second-order valence-corrected chi connectivity index (χ2v) is 6.67. The highest BCUT2D eigenvalue weighted by atomic mass is 19.1. The van der Waals surface area contributed by atoms with E-state index in [0.717, 1.165) is 0 Å². The van der Waals surface area contributed by atoms with Gasteiger partial charge in [-0.15, -0.1) is 0 Å². The van der Waals surface area contributed by atoms with E-state index < -0.39 is 0 Å². The fraction of sp³-hybridized carbons (Fsp3) is 0.238. The molecule has 7 heteroatoms. The maximum absolute atomic E-state index is 13.2. The number of halogens is 1. The van der Waals surface area contributed by atoms with Crippen LogP contribution in [0.3, 0.4) is 0 Å². The van der Waals surface area contributed by atoms with Gasteiger partial charge in [0.2, 0.25) is 0 Å². The number of ether oxygens (including phenoxy) is 2. The Labute approximate surface area is 162 Å². The van der Waals surface area contributed by atoms with Crippen molar-refractivity contribution in [2.75, 3.05) is 18.6 Å². The van der Waals surface area contributed by atoms with Crippen molar-refractivity contribution < 1.29 is 18.7 Å². The second kappa shape index (κ2) is 7.34. The number of methoxy groups -OCH3 is 1. The Morgan fingerprint density at radius 1 is 1.14 bits per heavy atom. The van der Waals surface area contributed by atoms with Crippen molar-refractivity contribution in [3.05, 3.63) is 71.8 Å². The van der Waals surface area contributed by atoms with E-state index in [9.17, 15) is 9.18 Å². The van der Waals surface area contributed by atoms with Gasteiger partial charge in [0.05, 0.1) is 13.2 Å². The smallest absolute Gasteiger partial charge is 0.276 e. The number of carbonyl (C=O) groups is 1. The van der Waals surface area contributed by atoms with Crippen LogP contribution in [0, 0.1) is 5.82 Å². The Kier molecular flexibility index (Phi) is 4.73.